The van der Waals surface area contributed by atoms with Crippen molar-refractivity contribution < 1.29 is 49.3 Å². The van der Waals surface area contributed by atoms with Gasteiger partial charge in [0.2, 0.25) is 5.91 Å². The molecule has 0 aliphatic carbocycles. The maximum Gasteiger partial charge on any atom is 0.306 e. The second-order valence-electron chi connectivity index (χ2n) is 22.2. The van der Waals surface area contributed by atoms with E-state index >= 15 is 0 Å². The van der Waals surface area contributed by atoms with Gasteiger partial charge in [-0.3, -0.25) is 9.59 Å². The number of unbranched alkanes of at least 4 members (excludes halogenated alkanes) is 29. The monoisotopic (exact) mass is 1110 g/mol. The number of hydrogen-bond donors (Lipinski definition) is 6. The van der Waals surface area contributed by atoms with Crippen molar-refractivity contribution in [2.45, 2.75) is 320 Å². The van der Waals surface area contributed by atoms with Gasteiger partial charge in [0.25, 0.3) is 0 Å². The summed E-state index contributed by atoms with van der Waals surface area (Å²) in [7, 11) is 0. The topological polar surface area (TPSA) is 175 Å². The average molecular weight is 1110 g/mol. The first-order chi connectivity index (χ1) is 38.7. The molecule has 1 amide bonds. The standard InChI is InChI=1S/C68H119NO10/c1-4-7-10-13-16-19-22-25-27-28-29-30-31-32-33-34-35-38-41-44-47-50-53-56-63(73)79-66-65(75)64(74)62(57-70)78-68(66)77-58-59(60(71)54-51-48-45-42-39-36-24-21-18-15-12-9-6-3)69-67(76)61(72)55-52-49-46-43-40-37-26-23-20-17-14-11-8-5-2/h16-17,19-20,23,25-27,29-30,32-33,51,54,59-62,64-66,68,70-72,74-75H,4-15,18,21-22,24,28,31,34-50,52-53,55-58H2,1-3H3,(H,69,76)/b19-16-,20-17+,26-23+,27-25-,30-29-,33-32-,54-51+. The summed E-state index contributed by atoms with van der Waals surface area (Å²) in [6.07, 6.45) is 61.8. The Hall–Kier alpha value is -3.16. The predicted molar refractivity (Wildman–Crippen MR) is 329 cm³/mol. The molecular weight excluding hydrogens is 991 g/mol. The molecule has 456 valence electrons. The Balaban J connectivity index is 2.66. The maximum atomic E-state index is 13.4. The summed E-state index contributed by atoms with van der Waals surface area (Å²) in [6.45, 7) is 5.72. The Morgan fingerprint density at radius 1 is 0.506 bits per heavy atom. The lowest BCUT2D eigenvalue weighted by Crippen LogP contribution is -2.61. The molecule has 1 rings (SSSR count). The van der Waals surface area contributed by atoms with Gasteiger partial charge >= 0.3 is 5.97 Å². The first-order valence-corrected chi connectivity index (χ1v) is 32.4. The fourth-order valence-electron chi connectivity index (χ4n) is 9.63. The van der Waals surface area contributed by atoms with Crippen molar-refractivity contribution in [2.24, 2.45) is 0 Å². The summed E-state index contributed by atoms with van der Waals surface area (Å²) < 4.78 is 17.6. The molecule has 0 aromatic carbocycles. The summed E-state index contributed by atoms with van der Waals surface area (Å²) in [5.74, 6) is -1.22. The zero-order chi connectivity index (χ0) is 57.5. The third-order valence-corrected chi connectivity index (χ3v) is 14.8. The van der Waals surface area contributed by atoms with E-state index in [0.29, 0.717) is 12.8 Å². The third-order valence-electron chi connectivity index (χ3n) is 14.8. The van der Waals surface area contributed by atoms with Crippen molar-refractivity contribution in [1.82, 2.24) is 5.32 Å². The highest BCUT2D eigenvalue weighted by Crippen LogP contribution is 2.26. The van der Waals surface area contributed by atoms with Crippen LogP contribution in [0.3, 0.4) is 0 Å². The van der Waals surface area contributed by atoms with E-state index < -0.39 is 67.4 Å². The van der Waals surface area contributed by atoms with E-state index in [4.69, 9.17) is 14.2 Å². The largest absolute Gasteiger partial charge is 0.454 e. The van der Waals surface area contributed by atoms with E-state index in [0.717, 1.165) is 122 Å². The molecule has 1 fully saturated rings. The molecule has 1 aliphatic rings. The molecule has 0 bridgehead atoms. The maximum absolute atomic E-state index is 13.4. The van der Waals surface area contributed by atoms with Gasteiger partial charge < -0.3 is 45.1 Å². The minimum Gasteiger partial charge on any atom is -0.454 e. The SMILES string of the molecule is CCCCC/C=C\C/C=C\C/C=C\C/C=C\CCCCCCCCCC(=O)OC1C(OCC(NC(=O)C(O)CCCCCCC/C=C/C=C/CCCCC)C(O)/C=C/CCCCCCCCCCCCC)OC(CO)C(O)C1O. The van der Waals surface area contributed by atoms with Gasteiger partial charge in [-0.25, -0.2) is 0 Å². The van der Waals surface area contributed by atoms with Crippen LogP contribution < -0.4 is 5.32 Å². The molecule has 1 saturated heterocycles. The normalized spacial score (nSPS) is 19.4. The van der Waals surface area contributed by atoms with Crippen LogP contribution in [0.5, 0.6) is 0 Å². The number of aliphatic hydroxyl groups excluding tert-OH is 5. The van der Waals surface area contributed by atoms with Crippen LogP contribution >= 0.6 is 0 Å². The number of ether oxygens (including phenoxy) is 3. The second-order valence-corrected chi connectivity index (χ2v) is 22.2. The number of carbonyl (C=O) groups is 2. The number of nitrogens with one attached hydrogen (secondary N) is 1. The Bertz CT molecular complexity index is 1610. The van der Waals surface area contributed by atoms with Gasteiger partial charge in [-0.15, -0.1) is 0 Å². The van der Waals surface area contributed by atoms with Crippen LogP contribution in [0.2, 0.25) is 0 Å². The summed E-state index contributed by atoms with van der Waals surface area (Å²) >= 11 is 0. The Morgan fingerprint density at radius 2 is 0.911 bits per heavy atom. The first kappa shape index (κ1) is 73.9. The number of allylic oxidation sites excluding steroid dienone is 13. The number of amides is 1. The van der Waals surface area contributed by atoms with Crippen LogP contribution in [0.4, 0.5) is 0 Å². The van der Waals surface area contributed by atoms with E-state index in [1.807, 2.05) is 6.08 Å². The first-order valence-electron chi connectivity index (χ1n) is 32.4. The number of aliphatic hydroxyl groups is 5. The lowest BCUT2D eigenvalue weighted by Gasteiger charge is -2.41. The molecule has 11 nitrogen and oxygen atoms in total. The molecule has 0 aromatic heterocycles. The van der Waals surface area contributed by atoms with Crippen LogP contribution in [0.25, 0.3) is 0 Å². The third kappa shape index (κ3) is 43.2. The van der Waals surface area contributed by atoms with Crippen molar-refractivity contribution >= 4 is 11.9 Å². The summed E-state index contributed by atoms with van der Waals surface area (Å²) in [5, 5.41) is 57.0. The van der Waals surface area contributed by atoms with Crippen molar-refractivity contribution in [2.75, 3.05) is 13.2 Å². The second kappa shape index (κ2) is 55.4. The molecular formula is C68H119NO10. The molecule has 8 atom stereocenters. The number of hydrogen-bond acceptors (Lipinski definition) is 10. The van der Waals surface area contributed by atoms with Crippen LogP contribution in [0.1, 0.15) is 271 Å². The fourth-order valence-corrected chi connectivity index (χ4v) is 9.63. The van der Waals surface area contributed by atoms with Gasteiger partial charge in [-0.2, -0.15) is 0 Å². The Morgan fingerprint density at radius 3 is 1.41 bits per heavy atom. The van der Waals surface area contributed by atoms with Gasteiger partial charge in [0.1, 0.15) is 24.4 Å². The zero-order valence-corrected chi connectivity index (χ0v) is 50.5. The van der Waals surface area contributed by atoms with Gasteiger partial charge in [0.15, 0.2) is 12.4 Å². The molecule has 0 saturated carbocycles. The predicted octanol–water partition coefficient (Wildman–Crippen LogP) is 15.7. The number of esters is 1. The average Bonchev–Trinajstić information content (AvgIpc) is 3.50. The van der Waals surface area contributed by atoms with E-state index in [1.54, 1.807) is 6.08 Å². The highest BCUT2D eigenvalue weighted by molar-refractivity contribution is 5.80. The van der Waals surface area contributed by atoms with Gasteiger partial charge in [0.05, 0.1) is 25.4 Å². The Kier molecular flexibility index (Phi) is 51.8. The van der Waals surface area contributed by atoms with Crippen molar-refractivity contribution in [3.63, 3.8) is 0 Å². The highest BCUT2D eigenvalue weighted by Gasteiger charge is 2.47. The van der Waals surface area contributed by atoms with Crippen molar-refractivity contribution in [3.05, 3.63) is 85.1 Å². The smallest absolute Gasteiger partial charge is 0.306 e. The Labute approximate surface area is 483 Å². The van der Waals surface area contributed by atoms with Gasteiger partial charge in [-0.1, -0.05) is 254 Å². The van der Waals surface area contributed by atoms with E-state index in [1.165, 1.54) is 103 Å². The fraction of sp³-hybridized carbons (Fsp3) is 0.765. The van der Waals surface area contributed by atoms with Crippen LogP contribution in [-0.2, 0) is 23.8 Å². The highest BCUT2D eigenvalue weighted by atomic mass is 16.7. The molecule has 8 unspecified atom stereocenters. The minimum atomic E-state index is -1.62. The number of carbonyl (C=O) groups excluding carboxylic acids is 2. The summed E-state index contributed by atoms with van der Waals surface area (Å²) in [5.41, 5.74) is 0. The van der Waals surface area contributed by atoms with Crippen molar-refractivity contribution in [1.29, 1.82) is 0 Å². The molecule has 1 aliphatic heterocycles. The molecule has 11 heteroatoms. The number of rotatable bonds is 54. The van der Waals surface area contributed by atoms with Crippen LogP contribution in [-0.4, -0.2) is 99.6 Å². The van der Waals surface area contributed by atoms with E-state index in [-0.39, 0.29) is 19.4 Å². The summed E-state index contributed by atoms with van der Waals surface area (Å²) in [4.78, 5) is 26.6. The molecule has 0 radical (unpaired) electrons. The van der Waals surface area contributed by atoms with Crippen molar-refractivity contribution in [3.8, 4) is 0 Å². The molecule has 0 aromatic rings. The van der Waals surface area contributed by atoms with Gasteiger partial charge in [0, 0.05) is 6.42 Å². The molecule has 1 heterocycles. The lowest BCUT2D eigenvalue weighted by atomic mass is 9.99. The summed E-state index contributed by atoms with van der Waals surface area (Å²) in [6, 6.07) is -1.04. The van der Waals surface area contributed by atoms with Gasteiger partial charge in [-0.05, 0) is 96.3 Å². The minimum absolute atomic E-state index is 0.106. The quantitative estimate of drug-likeness (QED) is 0.0149. The molecule has 6 N–H and O–H groups in total. The zero-order valence-electron chi connectivity index (χ0n) is 50.5. The molecule has 79 heavy (non-hydrogen) atoms. The molecule has 0 spiro atoms. The van der Waals surface area contributed by atoms with Crippen LogP contribution in [0.15, 0.2) is 85.1 Å². The van der Waals surface area contributed by atoms with E-state index in [2.05, 4.69) is 99.0 Å². The van der Waals surface area contributed by atoms with E-state index in [9.17, 15) is 35.1 Å². The van der Waals surface area contributed by atoms with Crippen LogP contribution in [0, 0.1) is 0 Å². The lowest BCUT2D eigenvalue weighted by molar-refractivity contribution is -0.305.